The molecule has 0 radical (unpaired) electrons. The smallest absolute Gasteiger partial charge is 0.241 e. The average Bonchev–Trinajstić information content (AvgIpc) is 2.89. The number of nitrogens with zero attached hydrogens (tertiary/aromatic N) is 1. The van der Waals surface area contributed by atoms with Gasteiger partial charge in [-0.1, -0.05) is 12.1 Å². The summed E-state index contributed by atoms with van der Waals surface area (Å²) in [6, 6.07) is 5.32. The highest BCUT2D eigenvalue weighted by Gasteiger charge is 2.26. The van der Waals surface area contributed by atoms with Gasteiger partial charge < -0.3 is 10.2 Å². The van der Waals surface area contributed by atoms with Crippen LogP contribution in [0.4, 0.5) is 4.39 Å². The molecule has 114 valence electrons. The van der Waals surface area contributed by atoms with E-state index in [1.807, 2.05) is 6.07 Å². The van der Waals surface area contributed by atoms with Crippen molar-refractivity contribution in [2.75, 3.05) is 19.6 Å². The van der Waals surface area contributed by atoms with E-state index in [2.05, 4.69) is 5.32 Å². The number of carbonyl (C=O) groups is 2. The Morgan fingerprint density at radius 2 is 2.19 bits per heavy atom. The minimum Gasteiger partial charge on any atom is -0.347 e. The van der Waals surface area contributed by atoms with E-state index < -0.39 is 0 Å². The molecule has 0 aliphatic carbocycles. The summed E-state index contributed by atoms with van der Waals surface area (Å²) in [6.45, 7) is 4.58. The van der Waals surface area contributed by atoms with E-state index in [4.69, 9.17) is 0 Å². The first-order valence-corrected chi connectivity index (χ1v) is 7.23. The molecule has 1 unspecified atom stereocenters. The van der Waals surface area contributed by atoms with Gasteiger partial charge in [0.25, 0.3) is 0 Å². The molecule has 2 rings (SSSR count). The van der Waals surface area contributed by atoms with Crippen molar-refractivity contribution in [2.45, 2.75) is 26.7 Å². The van der Waals surface area contributed by atoms with E-state index in [0.29, 0.717) is 24.6 Å². The lowest BCUT2D eigenvalue weighted by atomic mass is 9.98. The fraction of sp³-hybridized carbons (Fsp3) is 0.500. The summed E-state index contributed by atoms with van der Waals surface area (Å²) in [7, 11) is 0. The minimum absolute atomic E-state index is 0.0530. The van der Waals surface area contributed by atoms with E-state index >= 15 is 0 Å². The van der Waals surface area contributed by atoms with Gasteiger partial charge in [0.1, 0.15) is 5.82 Å². The van der Waals surface area contributed by atoms with E-state index in [0.717, 1.165) is 18.4 Å². The molecular formula is C16H21FN2O2. The number of aryl methyl sites for hydroxylation is 1. The first-order chi connectivity index (χ1) is 9.95. The molecule has 1 aromatic carbocycles. The van der Waals surface area contributed by atoms with Crippen molar-refractivity contribution in [3.63, 3.8) is 0 Å². The van der Waals surface area contributed by atoms with E-state index in [-0.39, 0.29) is 24.2 Å². The SMILES string of the molecule is CC(=O)NCC(=O)N1CCC(Cc2ccc(C)c(F)c2)C1. The summed E-state index contributed by atoms with van der Waals surface area (Å²) in [5.74, 6) is -0.0745. The normalized spacial score (nSPS) is 17.9. The molecule has 1 saturated heterocycles. The van der Waals surface area contributed by atoms with Gasteiger partial charge in [-0.2, -0.15) is 0 Å². The van der Waals surface area contributed by atoms with Crippen molar-refractivity contribution in [2.24, 2.45) is 5.92 Å². The molecule has 0 saturated carbocycles. The number of likely N-dealkylation sites (tertiary alicyclic amines) is 1. The fourth-order valence-corrected chi connectivity index (χ4v) is 2.63. The third-order valence-corrected chi connectivity index (χ3v) is 3.89. The van der Waals surface area contributed by atoms with Crippen LogP contribution in [0, 0.1) is 18.7 Å². The van der Waals surface area contributed by atoms with Crippen LogP contribution in [0.15, 0.2) is 18.2 Å². The molecule has 1 aliphatic rings. The lowest BCUT2D eigenvalue weighted by molar-refractivity contribution is -0.131. The summed E-state index contributed by atoms with van der Waals surface area (Å²) >= 11 is 0. The number of hydrogen-bond acceptors (Lipinski definition) is 2. The predicted molar refractivity (Wildman–Crippen MR) is 78.2 cm³/mol. The number of halogens is 1. The van der Waals surface area contributed by atoms with Gasteiger partial charge in [-0.3, -0.25) is 9.59 Å². The molecule has 21 heavy (non-hydrogen) atoms. The molecule has 1 N–H and O–H groups in total. The third kappa shape index (κ3) is 4.28. The van der Waals surface area contributed by atoms with Gasteiger partial charge in [0.2, 0.25) is 11.8 Å². The molecule has 4 nitrogen and oxygen atoms in total. The average molecular weight is 292 g/mol. The van der Waals surface area contributed by atoms with Crippen LogP contribution in [0.1, 0.15) is 24.5 Å². The Kier molecular flexibility index (Phi) is 4.94. The number of amides is 2. The number of nitrogens with one attached hydrogen (secondary N) is 1. The molecule has 1 heterocycles. The molecular weight excluding hydrogens is 271 g/mol. The lowest BCUT2D eigenvalue weighted by Crippen LogP contribution is -2.38. The Morgan fingerprint density at radius 1 is 1.43 bits per heavy atom. The first kappa shape index (κ1) is 15.5. The van der Waals surface area contributed by atoms with E-state index in [9.17, 15) is 14.0 Å². The van der Waals surface area contributed by atoms with Crippen molar-refractivity contribution < 1.29 is 14.0 Å². The Balaban J connectivity index is 1.86. The second-order valence-corrected chi connectivity index (χ2v) is 5.69. The molecule has 2 amide bonds. The van der Waals surface area contributed by atoms with Gasteiger partial charge in [0, 0.05) is 20.0 Å². The van der Waals surface area contributed by atoms with Crippen LogP contribution in [-0.4, -0.2) is 36.3 Å². The van der Waals surface area contributed by atoms with Crippen molar-refractivity contribution in [3.05, 3.63) is 35.1 Å². The molecule has 1 aromatic rings. The molecule has 0 spiro atoms. The quantitative estimate of drug-likeness (QED) is 0.917. The highest BCUT2D eigenvalue weighted by molar-refractivity contribution is 5.83. The molecule has 5 heteroatoms. The van der Waals surface area contributed by atoms with Crippen LogP contribution in [0.2, 0.25) is 0 Å². The number of rotatable bonds is 4. The zero-order valence-electron chi connectivity index (χ0n) is 12.5. The second kappa shape index (κ2) is 6.70. The van der Waals surface area contributed by atoms with Gasteiger partial charge in [-0.25, -0.2) is 4.39 Å². The van der Waals surface area contributed by atoms with Crippen LogP contribution >= 0.6 is 0 Å². The van der Waals surface area contributed by atoms with Crippen LogP contribution in [0.3, 0.4) is 0 Å². The van der Waals surface area contributed by atoms with Gasteiger partial charge in [0.15, 0.2) is 0 Å². The molecule has 0 bridgehead atoms. The standard InChI is InChI=1S/C16H21FN2O2/c1-11-3-4-13(8-15(11)17)7-14-5-6-19(10-14)16(21)9-18-12(2)20/h3-4,8,14H,5-7,9-10H2,1-2H3,(H,18,20). The van der Waals surface area contributed by atoms with Gasteiger partial charge in [0.05, 0.1) is 6.54 Å². The van der Waals surface area contributed by atoms with Crippen molar-refractivity contribution >= 4 is 11.8 Å². The molecule has 1 atom stereocenters. The summed E-state index contributed by atoms with van der Waals surface area (Å²) in [4.78, 5) is 24.5. The molecule has 1 fully saturated rings. The van der Waals surface area contributed by atoms with Crippen LogP contribution < -0.4 is 5.32 Å². The van der Waals surface area contributed by atoms with E-state index in [1.165, 1.54) is 6.92 Å². The summed E-state index contributed by atoms with van der Waals surface area (Å²) in [6.07, 6.45) is 1.70. The van der Waals surface area contributed by atoms with Crippen molar-refractivity contribution in [1.29, 1.82) is 0 Å². The first-order valence-electron chi connectivity index (χ1n) is 7.23. The third-order valence-electron chi connectivity index (χ3n) is 3.89. The Bertz CT molecular complexity index is 545. The maximum absolute atomic E-state index is 13.5. The zero-order chi connectivity index (χ0) is 15.4. The highest BCUT2D eigenvalue weighted by Crippen LogP contribution is 2.22. The zero-order valence-corrected chi connectivity index (χ0v) is 12.5. The maximum Gasteiger partial charge on any atom is 0.241 e. The number of hydrogen-bond donors (Lipinski definition) is 1. The van der Waals surface area contributed by atoms with Crippen LogP contribution in [0.5, 0.6) is 0 Å². The number of carbonyl (C=O) groups excluding carboxylic acids is 2. The maximum atomic E-state index is 13.5. The van der Waals surface area contributed by atoms with Gasteiger partial charge in [-0.15, -0.1) is 0 Å². The fourth-order valence-electron chi connectivity index (χ4n) is 2.63. The largest absolute Gasteiger partial charge is 0.347 e. The molecule has 1 aliphatic heterocycles. The summed E-state index contributed by atoms with van der Waals surface area (Å²) in [5.41, 5.74) is 1.62. The van der Waals surface area contributed by atoms with Crippen LogP contribution in [-0.2, 0) is 16.0 Å². The second-order valence-electron chi connectivity index (χ2n) is 5.69. The Hall–Kier alpha value is -1.91. The Labute approximate surface area is 124 Å². The predicted octanol–water partition coefficient (Wildman–Crippen LogP) is 1.66. The minimum atomic E-state index is -0.200. The van der Waals surface area contributed by atoms with Crippen LogP contribution in [0.25, 0.3) is 0 Å². The summed E-state index contributed by atoms with van der Waals surface area (Å²) in [5, 5.41) is 2.52. The van der Waals surface area contributed by atoms with Crippen molar-refractivity contribution in [1.82, 2.24) is 10.2 Å². The number of benzene rings is 1. The monoisotopic (exact) mass is 292 g/mol. The van der Waals surface area contributed by atoms with Gasteiger partial charge >= 0.3 is 0 Å². The van der Waals surface area contributed by atoms with Crippen molar-refractivity contribution in [3.8, 4) is 0 Å². The topological polar surface area (TPSA) is 49.4 Å². The van der Waals surface area contributed by atoms with E-state index in [1.54, 1.807) is 24.0 Å². The highest BCUT2D eigenvalue weighted by atomic mass is 19.1. The lowest BCUT2D eigenvalue weighted by Gasteiger charge is -2.16. The van der Waals surface area contributed by atoms with Gasteiger partial charge in [-0.05, 0) is 42.9 Å². The molecule has 0 aromatic heterocycles. The Morgan fingerprint density at radius 3 is 2.86 bits per heavy atom. The summed E-state index contributed by atoms with van der Waals surface area (Å²) < 4.78 is 13.5.